The molecule has 0 bridgehead atoms. The minimum Gasteiger partial charge on any atom is -0.394 e. The van der Waals surface area contributed by atoms with Crippen LogP contribution in [0.1, 0.15) is 27.2 Å². The molecule has 8 heteroatoms. The van der Waals surface area contributed by atoms with E-state index in [-0.39, 0.29) is 19.8 Å². The molecule has 7 nitrogen and oxygen atoms in total. The lowest BCUT2D eigenvalue weighted by Crippen LogP contribution is -2.03. The Labute approximate surface area is 195 Å². The second-order valence-electron chi connectivity index (χ2n) is 2.48. The SMILES string of the molecule is C=C.C=C.C=C.C=C.C=C.C=C.C=C.CCCOS(=O)(=O)O.CCOCC.OCCO. The van der Waals surface area contributed by atoms with E-state index in [1.807, 2.05) is 13.8 Å². The molecule has 3 N–H and O–H groups in total. The van der Waals surface area contributed by atoms with Crippen molar-refractivity contribution in [2.75, 3.05) is 33.0 Å². The maximum atomic E-state index is 9.72. The van der Waals surface area contributed by atoms with Crippen molar-refractivity contribution in [2.45, 2.75) is 27.2 Å². The molecule has 0 amide bonds. The van der Waals surface area contributed by atoms with Crippen molar-refractivity contribution in [2.24, 2.45) is 0 Å². The highest BCUT2D eigenvalue weighted by Crippen LogP contribution is 1.86. The third-order valence-electron chi connectivity index (χ3n) is 0.945. The maximum absolute atomic E-state index is 9.72. The molecule has 0 atom stereocenters. The second-order valence-corrected chi connectivity index (χ2v) is 3.57. The van der Waals surface area contributed by atoms with Crippen molar-refractivity contribution in [3.05, 3.63) is 92.1 Å². The average Bonchev–Trinajstić information content (AvgIpc) is 2.87. The summed E-state index contributed by atoms with van der Waals surface area (Å²) < 4.78 is 36.1. The zero-order valence-corrected chi connectivity index (χ0v) is 21.3. The van der Waals surface area contributed by atoms with Crippen LogP contribution in [0, 0.1) is 0 Å². The van der Waals surface area contributed by atoms with Gasteiger partial charge in [-0.25, -0.2) is 4.18 Å². The third-order valence-corrected chi connectivity index (χ3v) is 1.41. The molecule has 0 saturated heterocycles. The molecular weight excluding hydrogens is 420 g/mol. The van der Waals surface area contributed by atoms with Gasteiger partial charge in [-0.05, 0) is 20.3 Å². The van der Waals surface area contributed by atoms with E-state index in [1.54, 1.807) is 6.92 Å². The van der Waals surface area contributed by atoms with Gasteiger partial charge >= 0.3 is 10.4 Å². The van der Waals surface area contributed by atoms with E-state index in [9.17, 15) is 8.42 Å². The van der Waals surface area contributed by atoms with Gasteiger partial charge in [-0.2, -0.15) is 8.42 Å². The van der Waals surface area contributed by atoms with Crippen molar-refractivity contribution in [3.8, 4) is 0 Å². The molecule has 0 aliphatic heterocycles. The minimum absolute atomic E-state index is 0.0405. The van der Waals surface area contributed by atoms with Crippen LogP contribution in [-0.4, -0.2) is 56.2 Å². The fraction of sp³-hybridized carbons (Fsp3) is 0.391. The predicted molar refractivity (Wildman–Crippen MR) is 143 cm³/mol. The zero-order valence-electron chi connectivity index (χ0n) is 20.5. The summed E-state index contributed by atoms with van der Waals surface area (Å²) in [6, 6.07) is 0. The van der Waals surface area contributed by atoms with E-state index in [2.05, 4.69) is 96.3 Å². The van der Waals surface area contributed by atoms with Crippen LogP contribution in [-0.2, 0) is 19.3 Å². The van der Waals surface area contributed by atoms with Gasteiger partial charge in [0.15, 0.2) is 0 Å². The van der Waals surface area contributed by atoms with Crippen LogP contribution >= 0.6 is 0 Å². The Morgan fingerprint density at radius 1 is 0.613 bits per heavy atom. The van der Waals surface area contributed by atoms with Crippen molar-refractivity contribution in [1.29, 1.82) is 0 Å². The van der Waals surface area contributed by atoms with E-state index >= 15 is 0 Å². The molecule has 0 unspecified atom stereocenters. The Morgan fingerprint density at radius 3 is 0.871 bits per heavy atom. The van der Waals surface area contributed by atoms with Gasteiger partial charge < -0.3 is 14.9 Å². The van der Waals surface area contributed by atoms with E-state index in [4.69, 9.17) is 19.5 Å². The number of ether oxygens (including phenoxy) is 1. The molecule has 0 aromatic rings. The quantitative estimate of drug-likeness (QED) is 0.328. The van der Waals surface area contributed by atoms with Crippen LogP contribution in [0.5, 0.6) is 0 Å². The fourth-order valence-corrected chi connectivity index (χ4v) is 0.770. The highest BCUT2D eigenvalue weighted by atomic mass is 32.3. The Morgan fingerprint density at radius 2 is 0.839 bits per heavy atom. The largest absolute Gasteiger partial charge is 0.397 e. The highest BCUT2D eigenvalue weighted by molar-refractivity contribution is 7.80. The number of aliphatic hydroxyl groups is 2. The predicted octanol–water partition coefficient (Wildman–Crippen LogP) is 5.85. The Hall–Kier alpha value is -2.07. The molecular formula is C23H52O7S. The van der Waals surface area contributed by atoms with Crippen LogP contribution in [0.2, 0.25) is 0 Å². The van der Waals surface area contributed by atoms with Crippen LogP contribution in [0.4, 0.5) is 0 Å². The van der Waals surface area contributed by atoms with Crippen molar-refractivity contribution in [1.82, 2.24) is 0 Å². The van der Waals surface area contributed by atoms with Gasteiger partial charge in [-0.15, -0.1) is 92.1 Å². The van der Waals surface area contributed by atoms with Gasteiger partial charge in [0, 0.05) is 13.2 Å². The van der Waals surface area contributed by atoms with E-state index in [0.29, 0.717) is 6.42 Å². The molecule has 0 heterocycles. The summed E-state index contributed by atoms with van der Waals surface area (Å²) in [5, 5.41) is 15.2. The average molecular weight is 473 g/mol. The molecule has 0 saturated carbocycles. The van der Waals surface area contributed by atoms with Crippen LogP contribution < -0.4 is 0 Å². The smallest absolute Gasteiger partial charge is 0.394 e. The number of hydrogen-bond acceptors (Lipinski definition) is 6. The summed E-state index contributed by atoms with van der Waals surface area (Å²) in [6.45, 7) is 49.2. The van der Waals surface area contributed by atoms with Gasteiger partial charge in [-0.1, -0.05) is 6.92 Å². The Bertz CT molecular complexity index is 275. The minimum atomic E-state index is -4.19. The van der Waals surface area contributed by atoms with Gasteiger partial charge in [0.2, 0.25) is 0 Å². The van der Waals surface area contributed by atoms with Crippen LogP contribution in [0.3, 0.4) is 0 Å². The molecule has 0 radical (unpaired) electrons. The summed E-state index contributed by atoms with van der Waals surface area (Å²) in [6.07, 6.45) is 0.569. The summed E-state index contributed by atoms with van der Waals surface area (Å²) in [4.78, 5) is 0. The summed E-state index contributed by atoms with van der Waals surface area (Å²) >= 11 is 0. The molecule has 0 aliphatic carbocycles. The second kappa shape index (κ2) is 142. The molecule has 0 fully saturated rings. The highest BCUT2D eigenvalue weighted by Gasteiger charge is 1.99. The van der Waals surface area contributed by atoms with E-state index in [0.717, 1.165) is 13.2 Å². The lowest BCUT2D eigenvalue weighted by atomic mass is 10.5. The molecule has 0 aliphatic rings. The normalized spacial score (nSPS) is 6.26. The lowest BCUT2D eigenvalue weighted by Gasteiger charge is -1.92. The number of hydrogen-bond donors (Lipinski definition) is 3. The Kier molecular flexibility index (Phi) is 289. The van der Waals surface area contributed by atoms with Crippen molar-refractivity contribution < 1.29 is 32.1 Å². The number of aliphatic hydroxyl groups excluding tert-OH is 2. The first kappa shape index (κ1) is 63.0. The first-order valence-electron chi connectivity index (χ1n) is 8.80. The maximum Gasteiger partial charge on any atom is 0.397 e. The molecule has 0 aromatic heterocycles. The zero-order chi connectivity index (χ0) is 28.2. The monoisotopic (exact) mass is 472 g/mol. The van der Waals surface area contributed by atoms with E-state index < -0.39 is 10.4 Å². The number of rotatable bonds is 6. The van der Waals surface area contributed by atoms with Gasteiger partial charge in [-0.3, -0.25) is 4.55 Å². The molecule has 192 valence electrons. The molecule has 0 aromatic carbocycles. The van der Waals surface area contributed by atoms with Gasteiger partial charge in [0.25, 0.3) is 0 Å². The van der Waals surface area contributed by atoms with Gasteiger partial charge in [0.05, 0.1) is 19.8 Å². The van der Waals surface area contributed by atoms with E-state index in [1.165, 1.54) is 0 Å². The third kappa shape index (κ3) is 534. The first-order chi connectivity index (χ1) is 14.9. The summed E-state index contributed by atoms with van der Waals surface area (Å²) in [5.74, 6) is 0. The van der Waals surface area contributed by atoms with Gasteiger partial charge in [0.1, 0.15) is 0 Å². The Balaban J connectivity index is -0.0000000213. The van der Waals surface area contributed by atoms with Crippen LogP contribution in [0.15, 0.2) is 92.1 Å². The van der Waals surface area contributed by atoms with Crippen molar-refractivity contribution in [3.63, 3.8) is 0 Å². The first-order valence-corrected chi connectivity index (χ1v) is 10.2. The molecule has 31 heavy (non-hydrogen) atoms. The summed E-state index contributed by atoms with van der Waals surface area (Å²) in [5.41, 5.74) is 0. The van der Waals surface area contributed by atoms with Crippen LogP contribution in [0.25, 0.3) is 0 Å². The van der Waals surface area contributed by atoms with Crippen molar-refractivity contribution >= 4 is 10.4 Å². The topological polar surface area (TPSA) is 113 Å². The fourth-order valence-electron chi connectivity index (χ4n) is 0.393. The standard InChI is InChI=1S/C4H10O.C3H8O4S.C2H6O2.7C2H4/c1-3-5-4-2;1-2-3-7-8(4,5)6;3-1-2-4;7*1-2/h3-4H2,1-2H3;2-3H2,1H3,(H,4,5,6);3-4H,1-2H2;7*1-2H2. The molecule has 0 rings (SSSR count). The molecule has 0 spiro atoms. The summed E-state index contributed by atoms with van der Waals surface area (Å²) in [7, 11) is -4.19. The lowest BCUT2D eigenvalue weighted by molar-refractivity contribution is 0.162.